The lowest BCUT2D eigenvalue weighted by Gasteiger charge is -2.28. The third-order valence-corrected chi connectivity index (χ3v) is 4.74. The highest BCUT2D eigenvalue weighted by Crippen LogP contribution is 2.43. The zero-order chi connectivity index (χ0) is 15.0. The highest BCUT2D eigenvalue weighted by Gasteiger charge is 2.26. The number of hydrogen-bond acceptors (Lipinski definition) is 7. The molecule has 0 aliphatic carbocycles. The fourth-order valence-electron chi connectivity index (χ4n) is 1.98. The van der Waals surface area contributed by atoms with Gasteiger partial charge in [-0.05, 0) is 24.1 Å². The van der Waals surface area contributed by atoms with Gasteiger partial charge in [-0.15, -0.1) is 6.58 Å². The summed E-state index contributed by atoms with van der Waals surface area (Å²) in [7, 11) is -3.44. The standard InChI is InChI=1S/C13H12N4O2S2/c1-3-7-17-12-9(5-4-6-14-12)11-10(20-17)8-15-13(16-11)21(2,18)19/h3-6,8H,1,7H2,2H3. The van der Waals surface area contributed by atoms with Crippen LogP contribution in [0.15, 0.2) is 47.2 Å². The minimum Gasteiger partial charge on any atom is -0.292 e. The van der Waals surface area contributed by atoms with Gasteiger partial charge in [0.15, 0.2) is 0 Å². The molecule has 0 atom stereocenters. The molecule has 0 amide bonds. The van der Waals surface area contributed by atoms with Gasteiger partial charge in [0, 0.05) is 30.8 Å². The average Bonchev–Trinajstić information content (AvgIpc) is 2.46. The summed E-state index contributed by atoms with van der Waals surface area (Å²) in [5.41, 5.74) is 1.39. The molecule has 3 rings (SSSR count). The number of aromatic nitrogens is 3. The molecule has 108 valence electrons. The van der Waals surface area contributed by atoms with E-state index in [1.807, 2.05) is 10.4 Å². The Labute approximate surface area is 127 Å². The van der Waals surface area contributed by atoms with Gasteiger partial charge in [0.2, 0.25) is 15.0 Å². The van der Waals surface area contributed by atoms with Gasteiger partial charge in [0.05, 0.1) is 10.6 Å². The molecule has 0 radical (unpaired) electrons. The Bertz CT molecular complexity index is 821. The van der Waals surface area contributed by atoms with Gasteiger partial charge < -0.3 is 0 Å². The SMILES string of the molecule is C=CCN1Sc2cnc(S(C)(=O)=O)nc2-c2cccnc21. The van der Waals surface area contributed by atoms with Crippen molar-refractivity contribution >= 4 is 27.6 Å². The largest absolute Gasteiger partial charge is 0.292 e. The number of pyridine rings is 1. The Morgan fingerprint density at radius 2 is 2.24 bits per heavy atom. The van der Waals surface area contributed by atoms with Crippen LogP contribution < -0.4 is 4.31 Å². The van der Waals surface area contributed by atoms with Gasteiger partial charge in [-0.1, -0.05) is 6.08 Å². The summed E-state index contributed by atoms with van der Waals surface area (Å²) in [5, 5.41) is -0.172. The van der Waals surface area contributed by atoms with Crippen molar-refractivity contribution < 1.29 is 8.42 Å². The van der Waals surface area contributed by atoms with E-state index in [1.54, 1.807) is 18.3 Å². The Balaban J connectivity index is 2.21. The smallest absolute Gasteiger partial charge is 0.247 e. The third-order valence-electron chi connectivity index (χ3n) is 2.85. The molecule has 0 saturated carbocycles. The molecule has 0 spiro atoms. The first-order valence-electron chi connectivity index (χ1n) is 6.09. The molecule has 6 nitrogen and oxygen atoms in total. The van der Waals surface area contributed by atoms with E-state index in [0.717, 1.165) is 22.5 Å². The zero-order valence-corrected chi connectivity index (χ0v) is 12.9. The van der Waals surface area contributed by atoms with Crippen LogP contribution in [0.25, 0.3) is 11.3 Å². The molecule has 2 aromatic rings. The molecule has 1 aliphatic rings. The molecule has 21 heavy (non-hydrogen) atoms. The number of fused-ring (bicyclic) bond motifs is 3. The average molecular weight is 320 g/mol. The van der Waals surface area contributed by atoms with E-state index < -0.39 is 9.84 Å². The van der Waals surface area contributed by atoms with Gasteiger partial charge in [-0.25, -0.2) is 23.4 Å². The maximum atomic E-state index is 11.6. The minimum atomic E-state index is -3.44. The summed E-state index contributed by atoms with van der Waals surface area (Å²) in [6.07, 6.45) is 6.11. The van der Waals surface area contributed by atoms with Crippen molar-refractivity contribution in [2.24, 2.45) is 0 Å². The van der Waals surface area contributed by atoms with Gasteiger partial charge in [-0.3, -0.25) is 4.31 Å². The molecule has 2 aromatic heterocycles. The summed E-state index contributed by atoms with van der Waals surface area (Å²) in [5.74, 6) is 0.744. The first-order chi connectivity index (χ1) is 10.0. The van der Waals surface area contributed by atoms with Crippen LogP contribution in [0.3, 0.4) is 0 Å². The fourth-order valence-corrected chi connectivity index (χ4v) is 3.47. The van der Waals surface area contributed by atoms with Crippen LogP contribution in [-0.2, 0) is 9.84 Å². The van der Waals surface area contributed by atoms with Gasteiger partial charge in [-0.2, -0.15) is 0 Å². The molecular formula is C13H12N4O2S2. The van der Waals surface area contributed by atoms with Gasteiger partial charge in [0.25, 0.3) is 0 Å². The highest BCUT2D eigenvalue weighted by molar-refractivity contribution is 8.01. The summed E-state index contributed by atoms with van der Waals surface area (Å²) in [6, 6.07) is 3.67. The number of hydrogen-bond donors (Lipinski definition) is 0. The minimum absolute atomic E-state index is 0.172. The van der Waals surface area contributed by atoms with E-state index in [0.29, 0.717) is 12.2 Å². The Kier molecular flexibility index (Phi) is 3.42. The van der Waals surface area contributed by atoms with Gasteiger partial charge >= 0.3 is 0 Å². The summed E-state index contributed by atoms with van der Waals surface area (Å²) >= 11 is 1.42. The third kappa shape index (κ3) is 2.52. The van der Waals surface area contributed by atoms with Crippen LogP contribution in [0.4, 0.5) is 5.82 Å². The van der Waals surface area contributed by atoms with E-state index >= 15 is 0 Å². The van der Waals surface area contributed by atoms with Crippen molar-refractivity contribution in [3.63, 3.8) is 0 Å². The van der Waals surface area contributed by atoms with Crippen LogP contribution in [0.2, 0.25) is 0 Å². The van der Waals surface area contributed by atoms with Crippen LogP contribution in [-0.4, -0.2) is 36.2 Å². The molecule has 0 bridgehead atoms. The first-order valence-corrected chi connectivity index (χ1v) is 8.76. The van der Waals surface area contributed by atoms with Crippen molar-refractivity contribution in [2.45, 2.75) is 10.1 Å². The Morgan fingerprint density at radius 1 is 1.43 bits per heavy atom. The second-order valence-corrected chi connectivity index (χ2v) is 7.43. The van der Waals surface area contributed by atoms with Crippen molar-refractivity contribution in [1.29, 1.82) is 0 Å². The van der Waals surface area contributed by atoms with E-state index in [-0.39, 0.29) is 5.16 Å². The van der Waals surface area contributed by atoms with Crippen molar-refractivity contribution in [1.82, 2.24) is 15.0 Å². The number of anilines is 1. The zero-order valence-electron chi connectivity index (χ0n) is 11.2. The van der Waals surface area contributed by atoms with E-state index in [2.05, 4.69) is 21.5 Å². The lowest BCUT2D eigenvalue weighted by Crippen LogP contribution is -2.20. The molecule has 0 saturated heterocycles. The topological polar surface area (TPSA) is 76.1 Å². The van der Waals surface area contributed by atoms with E-state index in [1.165, 1.54) is 18.1 Å². The fraction of sp³-hybridized carbons (Fsp3) is 0.154. The summed E-state index contributed by atoms with van der Waals surface area (Å²) in [4.78, 5) is 13.3. The molecule has 0 N–H and O–H groups in total. The maximum Gasteiger partial charge on any atom is 0.247 e. The Hall–Kier alpha value is -1.93. The maximum absolute atomic E-state index is 11.6. The monoisotopic (exact) mass is 320 g/mol. The summed E-state index contributed by atoms with van der Waals surface area (Å²) in [6.45, 7) is 4.35. The van der Waals surface area contributed by atoms with E-state index in [9.17, 15) is 8.42 Å². The van der Waals surface area contributed by atoms with Crippen LogP contribution in [0.5, 0.6) is 0 Å². The molecule has 1 aliphatic heterocycles. The molecule has 0 fully saturated rings. The van der Waals surface area contributed by atoms with Gasteiger partial charge in [0.1, 0.15) is 5.82 Å². The van der Waals surface area contributed by atoms with Crippen LogP contribution >= 0.6 is 11.9 Å². The number of sulfone groups is 1. The Morgan fingerprint density at radius 3 is 2.95 bits per heavy atom. The molecule has 0 aromatic carbocycles. The van der Waals surface area contributed by atoms with Crippen molar-refractivity contribution in [3.8, 4) is 11.3 Å². The normalized spacial score (nSPS) is 13.5. The lowest BCUT2D eigenvalue weighted by atomic mass is 10.2. The molecule has 0 unspecified atom stereocenters. The lowest BCUT2D eigenvalue weighted by molar-refractivity contribution is 0.592. The highest BCUT2D eigenvalue weighted by atomic mass is 32.2. The van der Waals surface area contributed by atoms with Crippen LogP contribution in [0, 0.1) is 0 Å². The number of rotatable bonds is 3. The number of nitrogens with zero attached hydrogens (tertiary/aromatic N) is 4. The molecular weight excluding hydrogens is 308 g/mol. The second-order valence-electron chi connectivity index (χ2n) is 4.45. The molecule has 3 heterocycles. The van der Waals surface area contributed by atoms with Crippen LogP contribution in [0.1, 0.15) is 0 Å². The predicted octanol–water partition coefficient (Wildman–Crippen LogP) is 1.96. The quantitative estimate of drug-likeness (QED) is 0.486. The predicted molar refractivity (Wildman–Crippen MR) is 81.8 cm³/mol. The van der Waals surface area contributed by atoms with Crippen molar-refractivity contribution in [2.75, 3.05) is 17.1 Å². The van der Waals surface area contributed by atoms with Crippen molar-refractivity contribution in [3.05, 3.63) is 37.2 Å². The summed E-state index contributed by atoms with van der Waals surface area (Å²) < 4.78 is 25.2. The second kappa shape index (κ2) is 5.12. The molecule has 8 heteroatoms. The first kappa shape index (κ1) is 14.0. The van der Waals surface area contributed by atoms with E-state index in [4.69, 9.17) is 0 Å².